The molecular weight excluding hydrogens is 352 g/mol. The Morgan fingerprint density at radius 2 is 1.14 bits per heavy atom. The summed E-state index contributed by atoms with van der Waals surface area (Å²) in [6.45, 7) is 3.40. The van der Waals surface area contributed by atoms with Crippen LogP contribution < -0.4 is 0 Å². The van der Waals surface area contributed by atoms with Crippen molar-refractivity contribution in [1.82, 2.24) is 0 Å². The molecule has 0 saturated heterocycles. The highest BCUT2D eigenvalue weighted by molar-refractivity contribution is 5.82. The zero-order chi connectivity index (χ0) is 20.7. The van der Waals surface area contributed by atoms with Crippen LogP contribution in [0.2, 0.25) is 0 Å². The Morgan fingerprint density at radius 3 is 1.71 bits per heavy atom. The van der Waals surface area contributed by atoms with Crippen molar-refractivity contribution in [2.24, 2.45) is 0 Å². The molecule has 0 fully saturated rings. The summed E-state index contributed by atoms with van der Waals surface area (Å²) in [6, 6.07) is 0. The van der Waals surface area contributed by atoms with E-state index < -0.39 is 11.9 Å². The maximum atomic E-state index is 11.1. The lowest BCUT2D eigenvalue weighted by Gasteiger charge is -1.98. The van der Waals surface area contributed by atoms with E-state index in [1.807, 2.05) is 36.5 Å². The summed E-state index contributed by atoms with van der Waals surface area (Å²) < 4.78 is 0. The Labute approximate surface area is 169 Å². The van der Waals surface area contributed by atoms with Gasteiger partial charge in [0.2, 0.25) is 0 Å². The second-order valence-corrected chi connectivity index (χ2v) is 6.21. The van der Waals surface area contributed by atoms with E-state index in [9.17, 15) is 9.59 Å². The van der Waals surface area contributed by atoms with Crippen LogP contribution in [-0.4, -0.2) is 11.9 Å². The van der Waals surface area contributed by atoms with E-state index in [2.05, 4.69) is 28.9 Å². The fourth-order valence-electron chi connectivity index (χ4n) is 2.17. The maximum Gasteiger partial charge on any atom is 0.379 e. The van der Waals surface area contributed by atoms with Gasteiger partial charge in [0.1, 0.15) is 0 Å². The summed E-state index contributed by atoms with van der Waals surface area (Å²) in [5.41, 5.74) is 0. The summed E-state index contributed by atoms with van der Waals surface area (Å²) in [7, 11) is 0. The van der Waals surface area contributed by atoms with Crippen molar-refractivity contribution in [3.05, 3.63) is 72.9 Å². The average Bonchev–Trinajstić information content (AvgIpc) is 2.68. The van der Waals surface area contributed by atoms with Gasteiger partial charge in [0.15, 0.2) is 0 Å². The number of hydrogen-bond donors (Lipinski definition) is 0. The molecule has 0 saturated carbocycles. The molecular formula is C24H34O4. The van der Waals surface area contributed by atoms with E-state index in [4.69, 9.17) is 0 Å². The molecule has 0 heterocycles. The highest BCUT2D eigenvalue weighted by atomic mass is 17.2. The minimum atomic E-state index is -0.742. The number of hydrogen-bond acceptors (Lipinski definition) is 4. The number of carbonyl (C=O) groups excluding carboxylic acids is 2. The van der Waals surface area contributed by atoms with Crippen LogP contribution in [0.1, 0.15) is 65.2 Å². The van der Waals surface area contributed by atoms with Crippen LogP contribution in [0.5, 0.6) is 0 Å². The topological polar surface area (TPSA) is 52.6 Å². The van der Waals surface area contributed by atoms with Crippen LogP contribution in [0.4, 0.5) is 0 Å². The Morgan fingerprint density at radius 1 is 0.643 bits per heavy atom. The minimum Gasteiger partial charge on any atom is -0.248 e. The van der Waals surface area contributed by atoms with Gasteiger partial charge in [-0.1, -0.05) is 112 Å². The predicted octanol–water partition coefficient (Wildman–Crippen LogP) is 6.49. The van der Waals surface area contributed by atoms with Crippen molar-refractivity contribution in [1.29, 1.82) is 0 Å². The summed E-state index contributed by atoms with van der Waals surface area (Å²) in [6.07, 6.45) is 32.6. The van der Waals surface area contributed by atoms with Gasteiger partial charge in [-0.15, -0.1) is 0 Å². The molecule has 0 aromatic heterocycles. The van der Waals surface area contributed by atoms with Crippen molar-refractivity contribution < 1.29 is 19.4 Å². The summed E-state index contributed by atoms with van der Waals surface area (Å²) in [5.74, 6) is -1.42. The van der Waals surface area contributed by atoms with Crippen molar-refractivity contribution in [3.8, 4) is 0 Å². The number of rotatable bonds is 14. The molecule has 0 aromatic carbocycles. The highest BCUT2D eigenvalue weighted by Crippen LogP contribution is 2.08. The molecule has 0 aromatic rings. The maximum absolute atomic E-state index is 11.1. The number of allylic oxidation sites excluding steroid dienone is 11. The summed E-state index contributed by atoms with van der Waals surface area (Å²) in [5, 5.41) is 0. The Kier molecular flexibility index (Phi) is 18.8. The average molecular weight is 387 g/mol. The molecule has 0 unspecified atom stereocenters. The van der Waals surface area contributed by atoms with E-state index in [1.54, 1.807) is 12.2 Å². The van der Waals surface area contributed by atoms with Crippen LogP contribution >= 0.6 is 0 Å². The van der Waals surface area contributed by atoms with Gasteiger partial charge in [-0.2, -0.15) is 0 Å². The van der Waals surface area contributed by atoms with Crippen LogP contribution in [-0.2, 0) is 19.4 Å². The van der Waals surface area contributed by atoms with E-state index in [0.29, 0.717) is 0 Å². The lowest BCUT2D eigenvalue weighted by atomic mass is 10.1. The fraction of sp³-hybridized carbons (Fsp3) is 0.417. The van der Waals surface area contributed by atoms with Gasteiger partial charge in [-0.25, -0.2) is 19.4 Å². The third-order valence-electron chi connectivity index (χ3n) is 3.58. The van der Waals surface area contributed by atoms with Crippen LogP contribution in [0.15, 0.2) is 72.9 Å². The molecule has 0 N–H and O–H groups in total. The van der Waals surface area contributed by atoms with Gasteiger partial charge < -0.3 is 0 Å². The second kappa shape index (κ2) is 20.7. The van der Waals surface area contributed by atoms with Crippen molar-refractivity contribution in [3.63, 3.8) is 0 Å². The molecule has 0 radical (unpaired) electrons. The monoisotopic (exact) mass is 386 g/mol. The molecule has 0 aliphatic carbocycles. The van der Waals surface area contributed by atoms with Crippen molar-refractivity contribution in [2.45, 2.75) is 65.2 Å². The van der Waals surface area contributed by atoms with Gasteiger partial charge in [-0.05, 0) is 12.8 Å². The van der Waals surface area contributed by atoms with Gasteiger partial charge in [0, 0.05) is 13.0 Å². The SMILES string of the molecule is CCCCCCCCC/C=C/C=C/C=C/C=C/C=C/C=C/C(=O)OOC(C)=O. The summed E-state index contributed by atoms with van der Waals surface area (Å²) in [4.78, 5) is 29.8. The molecule has 0 atom stereocenters. The van der Waals surface area contributed by atoms with Gasteiger partial charge in [0.05, 0.1) is 0 Å². The number of unbranched alkanes of at least 4 members (excludes halogenated alkanes) is 7. The molecule has 0 aliphatic rings. The van der Waals surface area contributed by atoms with Crippen LogP contribution in [0.3, 0.4) is 0 Å². The third kappa shape index (κ3) is 21.4. The first-order valence-corrected chi connectivity index (χ1v) is 10.1. The van der Waals surface area contributed by atoms with Gasteiger partial charge in [-0.3, -0.25) is 0 Å². The second-order valence-electron chi connectivity index (χ2n) is 6.21. The lowest BCUT2D eigenvalue weighted by molar-refractivity contribution is -0.253. The van der Waals surface area contributed by atoms with Crippen LogP contribution in [0, 0.1) is 0 Å². The molecule has 0 aliphatic heterocycles. The molecule has 154 valence electrons. The van der Waals surface area contributed by atoms with Gasteiger partial charge >= 0.3 is 11.9 Å². The van der Waals surface area contributed by atoms with Gasteiger partial charge in [0.25, 0.3) is 0 Å². The van der Waals surface area contributed by atoms with Crippen molar-refractivity contribution >= 4 is 11.9 Å². The third-order valence-corrected chi connectivity index (χ3v) is 3.58. The smallest absolute Gasteiger partial charge is 0.248 e. The standard InChI is InChI=1S/C24H34O4/c1-3-4-5-6-7-8-9-10-11-12-13-14-15-16-17-18-19-20-21-22-24(26)28-27-23(2)25/h11-22H,3-10H2,1-2H3/b12-11+,14-13+,16-15+,18-17+,20-19+,22-21+. The van der Waals surface area contributed by atoms with Crippen molar-refractivity contribution in [2.75, 3.05) is 0 Å². The first kappa shape index (κ1) is 25.4. The Balaban J connectivity index is 3.70. The highest BCUT2D eigenvalue weighted by Gasteiger charge is 1.99. The first-order chi connectivity index (χ1) is 13.7. The molecule has 0 rings (SSSR count). The zero-order valence-electron chi connectivity index (χ0n) is 17.2. The Hall–Kier alpha value is -2.62. The molecule has 28 heavy (non-hydrogen) atoms. The minimum absolute atomic E-state index is 0.676. The normalized spacial score (nSPS) is 12.5. The number of carbonyl (C=O) groups is 2. The molecule has 0 spiro atoms. The summed E-state index contributed by atoms with van der Waals surface area (Å²) >= 11 is 0. The van der Waals surface area contributed by atoms with E-state index in [-0.39, 0.29) is 0 Å². The quantitative estimate of drug-likeness (QED) is 0.113. The molecule has 4 heteroatoms. The van der Waals surface area contributed by atoms with Crippen LogP contribution in [0.25, 0.3) is 0 Å². The lowest BCUT2D eigenvalue weighted by Crippen LogP contribution is -2.05. The van der Waals surface area contributed by atoms with E-state index in [1.165, 1.54) is 51.0 Å². The van der Waals surface area contributed by atoms with E-state index >= 15 is 0 Å². The first-order valence-electron chi connectivity index (χ1n) is 10.1. The Bertz CT molecular complexity index is 577. The molecule has 0 amide bonds. The van der Waals surface area contributed by atoms with E-state index in [0.717, 1.165) is 19.4 Å². The predicted molar refractivity (Wildman–Crippen MR) is 115 cm³/mol. The fourth-order valence-corrected chi connectivity index (χ4v) is 2.17. The molecule has 4 nitrogen and oxygen atoms in total. The molecule has 0 bridgehead atoms. The zero-order valence-corrected chi connectivity index (χ0v) is 17.2. The largest absolute Gasteiger partial charge is 0.379 e.